The van der Waals surface area contributed by atoms with Crippen molar-refractivity contribution in [3.05, 3.63) is 66.4 Å². The van der Waals surface area contributed by atoms with E-state index in [1.54, 1.807) is 6.20 Å². The standard InChI is InChI=1S/C20H21N3O2/c1-2-4-17(5-3-1)19-14-21-20(25-19)22-18-8-6-16(7-9-18)15-23-10-12-24-13-11-23/h1-9,14H,10-13,15H2,(H,21,22). The summed E-state index contributed by atoms with van der Waals surface area (Å²) in [5.41, 5.74) is 3.28. The summed E-state index contributed by atoms with van der Waals surface area (Å²) in [6.07, 6.45) is 1.74. The van der Waals surface area contributed by atoms with E-state index in [0.717, 1.165) is 49.9 Å². The van der Waals surface area contributed by atoms with Gasteiger partial charge in [0.1, 0.15) is 0 Å². The number of anilines is 2. The average molecular weight is 335 g/mol. The molecule has 0 radical (unpaired) electrons. The zero-order valence-electron chi connectivity index (χ0n) is 14.0. The maximum atomic E-state index is 5.78. The van der Waals surface area contributed by atoms with Crippen LogP contribution in [0.15, 0.2) is 65.2 Å². The molecule has 128 valence electrons. The fourth-order valence-corrected chi connectivity index (χ4v) is 2.90. The van der Waals surface area contributed by atoms with Crippen LogP contribution >= 0.6 is 0 Å². The summed E-state index contributed by atoms with van der Waals surface area (Å²) in [6, 6.07) is 18.9. The second kappa shape index (κ2) is 7.51. The summed E-state index contributed by atoms with van der Waals surface area (Å²) in [5, 5.41) is 3.21. The molecule has 1 fully saturated rings. The molecule has 4 rings (SSSR count). The van der Waals surface area contributed by atoms with Crippen molar-refractivity contribution >= 4 is 11.7 Å². The number of hydrogen-bond donors (Lipinski definition) is 1. The quantitative estimate of drug-likeness (QED) is 0.766. The largest absolute Gasteiger partial charge is 0.423 e. The Bertz CT molecular complexity index is 793. The van der Waals surface area contributed by atoms with E-state index in [-0.39, 0.29) is 0 Å². The van der Waals surface area contributed by atoms with Gasteiger partial charge in [0.2, 0.25) is 0 Å². The summed E-state index contributed by atoms with van der Waals surface area (Å²) >= 11 is 0. The molecular weight excluding hydrogens is 314 g/mol. The summed E-state index contributed by atoms with van der Waals surface area (Å²) in [5.74, 6) is 0.757. The van der Waals surface area contributed by atoms with Crippen LogP contribution < -0.4 is 5.32 Å². The summed E-state index contributed by atoms with van der Waals surface area (Å²) in [7, 11) is 0. The number of benzene rings is 2. The molecular formula is C20H21N3O2. The van der Waals surface area contributed by atoms with Gasteiger partial charge in [-0.15, -0.1) is 0 Å². The van der Waals surface area contributed by atoms with Crippen molar-refractivity contribution in [3.8, 4) is 11.3 Å². The monoisotopic (exact) mass is 335 g/mol. The molecule has 0 atom stereocenters. The number of nitrogens with one attached hydrogen (secondary N) is 1. The summed E-state index contributed by atoms with van der Waals surface area (Å²) in [6.45, 7) is 4.61. The van der Waals surface area contributed by atoms with Crippen LogP contribution in [0.5, 0.6) is 0 Å². The lowest BCUT2D eigenvalue weighted by atomic mass is 10.2. The van der Waals surface area contributed by atoms with Crippen molar-refractivity contribution in [1.82, 2.24) is 9.88 Å². The zero-order chi connectivity index (χ0) is 16.9. The van der Waals surface area contributed by atoms with Gasteiger partial charge in [-0.3, -0.25) is 4.90 Å². The third-order valence-electron chi connectivity index (χ3n) is 4.28. The number of nitrogens with zero attached hydrogens (tertiary/aromatic N) is 2. The highest BCUT2D eigenvalue weighted by Gasteiger charge is 2.11. The van der Waals surface area contributed by atoms with Crippen molar-refractivity contribution in [2.75, 3.05) is 31.6 Å². The molecule has 1 aromatic heterocycles. The van der Waals surface area contributed by atoms with Gasteiger partial charge in [0.05, 0.1) is 19.4 Å². The Morgan fingerprint density at radius 1 is 0.960 bits per heavy atom. The van der Waals surface area contributed by atoms with E-state index in [2.05, 4.69) is 39.5 Å². The lowest BCUT2D eigenvalue weighted by molar-refractivity contribution is 0.0342. The van der Waals surface area contributed by atoms with Crippen LogP contribution in [0.2, 0.25) is 0 Å². The average Bonchev–Trinajstić information content (AvgIpc) is 3.14. The third-order valence-corrected chi connectivity index (χ3v) is 4.28. The lowest BCUT2D eigenvalue weighted by Crippen LogP contribution is -2.35. The minimum absolute atomic E-state index is 0.500. The Morgan fingerprint density at radius 3 is 2.48 bits per heavy atom. The van der Waals surface area contributed by atoms with Crippen molar-refractivity contribution in [1.29, 1.82) is 0 Å². The normalized spacial score (nSPS) is 15.2. The number of rotatable bonds is 5. The van der Waals surface area contributed by atoms with Gasteiger partial charge < -0.3 is 14.5 Å². The summed E-state index contributed by atoms with van der Waals surface area (Å²) < 4.78 is 11.2. The lowest BCUT2D eigenvalue weighted by Gasteiger charge is -2.26. The van der Waals surface area contributed by atoms with Gasteiger partial charge >= 0.3 is 0 Å². The van der Waals surface area contributed by atoms with Gasteiger partial charge in [0.25, 0.3) is 6.01 Å². The molecule has 3 aromatic rings. The maximum Gasteiger partial charge on any atom is 0.299 e. The molecule has 2 aromatic carbocycles. The molecule has 5 nitrogen and oxygen atoms in total. The molecule has 1 N–H and O–H groups in total. The van der Waals surface area contributed by atoms with E-state index in [1.165, 1.54) is 5.56 Å². The molecule has 5 heteroatoms. The first-order chi connectivity index (χ1) is 12.4. The maximum absolute atomic E-state index is 5.78. The predicted octanol–water partition coefficient (Wildman–Crippen LogP) is 3.92. The van der Waals surface area contributed by atoms with Crippen LogP contribution in [0.1, 0.15) is 5.56 Å². The van der Waals surface area contributed by atoms with E-state index >= 15 is 0 Å². The molecule has 25 heavy (non-hydrogen) atoms. The Labute approximate surface area is 147 Å². The van der Waals surface area contributed by atoms with Crippen molar-refractivity contribution in [3.63, 3.8) is 0 Å². The third kappa shape index (κ3) is 4.07. The highest BCUT2D eigenvalue weighted by Crippen LogP contribution is 2.24. The van der Waals surface area contributed by atoms with E-state index in [0.29, 0.717) is 6.01 Å². The van der Waals surface area contributed by atoms with Crippen molar-refractivity contribution in [2.45, 2.75) is 6.54 Å². The van der Waals surface area contributed by atoms with Crippen LogP contribution in [-0.4, -0.2) is 36.2 Å². The molecule has 0 unspecified atom stereocenters. The number of aromatic nitrogens is 1. The molecule has 2 heterocycles. The first kappa shape index (κ1) is 15.9. The Morgan fingerprint density at radius 2 is 1.72 bits per heavy atom. The SMILES string of the molecule is c1ccc(-c2cnc(Nc3ccc(CN4CCOCC4)cc3)o2)cc1. The van der Waals surface area contributed by atoms with Gasteiger partial charge in [0.15, 0.2) is 5.76 Å². The molecule has 0 amide bonds. The van der Waals surface area contributed by atoms with Crippen molar-refractivity contribution in [2.24, 2.45) is 0 Å². The van der Waals surface area contributed by atoms with E-state index in [1.807, 2.05) is 30.3 Å². The van der Waals surface area contributed by atoms with Crippen LogP contribution in [0.3, 0.4) is 0 Å². The first-order valence-electron chi connectivity index (χ1n) is 8.54. The predicted molar refractivity (Wildman–Crippen MR) is 97.8 cm³/mol. The van der Waals surface area contributed by atoms with E-state index in [4.69, 9.17) is 9.15 Å². The molecule has 0 aliphatic carbocycles. The second-order valence-electron chi connectivity index (χ2n) is 6.11. The van der Waals surface area contributed by atoms with E-state index < -0.39 is 0 Å². The van der Waals surface area contributed by atoms with Gasteiger partial charge in [-0.2, -0.15) is 0 Å². The van der Waals surface area contributed by atoms with Gasteiger partial charge in [-0.1, -0.05) is 42.5 Å². The van der Waals surface area contributed by atoms with Crippen LogP contribution in [0.25, 0.3) is 11.3 Å². The Kier molecular flexibility index (Phi) is 4.77. The number of hydrogen-bond acceptors (Lipinski definition) is 5. The van der Waals surface area contributed by atoms with Crippen LogP contribution in [0.4, 0.5) is 11.7 Å². The fraction of sp³-hybridized carbons (Fsp3) is 0.250. The highest BCUT2D eigenvalue weighted by molar-refractivity contribution is 5.59. The topological polar surface area (TPSA) is 50.5 Å². The molecule has 0 saturated carbocycles. The minimum Gasteiger partial charge on any atom is -0.423 e. The van der Waals surface area contributed by atoms with Crippen LogP contribution in [0, 0.1) is 0 Å². The second-order valence-corrected chi connectivity index (χ2v) is 6.11. The molecule has 0 spiro atoms. The van der Waals surface area contributed by atoms with Crippen molar-refractivity contribution < 1.29 is 9.15 Å². The molecule has 1 saturated heterocycles. The fourth-order valence-electron chi connectivity index (χ4n) is 2.90. The Hall–Kier alpha value is -2.63. The molecule has 1 aliphatic rings. The number of ether oxygens (including phenoxy) is 1. The van der Waals surface area contributed by atoms with E-state index in [9.17, 15) is 0 Å². The smallest absolute Gasteiger partial charge is 0.299 e. The zero-order valence-corrected chi connectivity index (χ0v) is 14.0. The van der Waals surface area contributed by atoms with Gasteiger partial charge in [-0.25, -0.2) is 4.98 Å². The van der Waals surface area contributed by atoms with Gasteiger partial charge in [0, 0.05) is 30.9 Å². The number of oxazole rings is 1. The van der Waals surface area contributed by atoms with Gasteiger partial charge in [-0.05, 0) is 17.7 Å². The van der Waals surface area contributed by atoms with Crippen LogP contribution in [-0.2, 0) is 11.3 Å². The Balaban J connectivity index is 1.39. The minimum atomic E-state index is 0.500. The number of morpholine rings is 1. The molecule has 1 aliphatic heterocycles. The molecule has 0 bridgehead atoms. The first-order valence-corrected chi connectivity index (χ1v) is 8.54. The highest BCUT2D eigenvalue weighted by atomic mass is 16.5. The summed E-state index contributed by atoms with van der Waals surface area (Å²) in [4.78, 5) is 6.71.